The van der Waals surface area contributed by atoms with Crippen molar-refractivity contribution in [2.45, 2.75) is 19.1 Å². The van der Waals surface area contributed by atoms with Gasteiger partial charge in [-0.3, -0.25) is 9.88 Å². The van der Waals surface area contributed by atoms with E-state index in [9.17, 15) is 9.90 Å². The quantitative estimate of drug-likeness (QED) is 0.727. The maximum absolute atomic E-state index is 10.8. The molecule has 0 radical (unpaired) electrons. The number of methoxy groups -OCH3 is 1. The lowest BCUT2D eigenvalue weighted by Crippen LogP contribution is -2.21. The molecule has 0 amide bonds. The number of hydrogen-bond acceptors (Lipinski definition) is 6. The van der Waals surface area contributed by atoms with Gasteiger partial charge in [-0.05, 0) is 36.2 Å². The molecule has 0 aliphatic carbocycles. The van der Waals surface area contributed by atoms with E-state index in [0.29, 0.717) is 24.6 Å². The van der Waals surface area contributed by atoms with Crippen LogP contribution in [0.5, 0.6) is 11.5 Å². The van der Waals surface area contributed by atoms with Crippen LogP contribution in [0.15, 0.2) is 42.6 Å². The van der Waals surface area contributed by atoms with Gasteiger partial charge in [-0.1, -0.05) is 12.1 Å². The predicted octanol–water partition coefficient (Wildman–Crippen LogP) is 1.59. The zero-order chi connectivity index (χ0) is 19.2. The van der Waals surface area contributed by atoms with Gasteiger partial charge in [0.05, 0.1) is 13.2 Å². The number of rotatable bonds is 8. The van der Waals surface area contributed by atoms with Crippen molar-refractivity contribution in [2.24, 2.45) is 5.92 Å². The molecule has 2 atom stereocenters. The summed E-state index contributed by atoms with van der Waals surface area (Å²) in [6, 6.07) is 11.3. The molecule has 144 valence electrons. The van der Waals surface area contributed by atoms with Gasteiger partial charge >= 0.3 is 5.97 Å². The first-order valence-corrected chi connectivity index (χ1v) is 8.87. The monoisotopic (exact) mass is 372 g/mol. The van der Waals surface area contributed by atoms with Gasteiger partial charge in [0.25, 0.3) is 0 Å². The van der Waals surface area contributed by atoms with E-state index in [0.717, 1.165) is 24.2 Å². The third-order valence-corrected chi connectivity index (χ3v) is 4.66. The van der Waals surface area contributed by atoms with Crippen molar-refractivity contribution in [1.82, 2.24) is 9.88 Å². The third kappa shape index (κ3) is 5.18. The molecule has 7 heteroatoms. The minimum atomic E-state index is -1.04. The number of carbonyl (C=O) groups is 1. The summed E-state index contributed by atoms with van der Waals surface area (Å²) in [6.45, 7) is 1.58. The van der Waals surface area contributed by atoms with Crippen molar-refractivity contribution in [3.63, 3.8) is 0 Å². The summed E-state index contributed by atoms with van der Waals surface area (Å²) < 4.78 is 10.5. The Morgan fingerprint density at radius 1 is 1.26 bits per heavy atom. The van der Waals surface area contributed by atoms with Gasteiger partial charge in [-0.15, -0.1) is 0 Å². The molecule has 27 heavy (non-hydrogen) atoms. The molecule has 1 fully saturated rings. The molecule has 0 unspecified atom stereocenters. The highest BCUT2D eigenvalue weighted by Crippen LogP contribution is 2.30. The minimum absolute atomic E-state index is 0.140. The molecule has 1 aliphatic rings. The van der Waals surface area contributed by atoms with Gasteiger partial charge in [0, 0.05) is 37.4 Å². The first kappa shape index (κ1) is 19.1. The number of ether oxygens (including phenoxy) is 2. The van der Waals surface area contributed by atoms with Gasteiger partial charge < -0.3 is 19.7 Å². The van der Waals surface area contributed by atoms with Crippen LogP contribution in [0.4, 0.5) is 0 Å². The Kier molecular flexibility index (Phi) is 6.26. The van der Waals surface area contributed by atoms with E-state index in [2.05, 4.69) is 9.88 Å². The van der Waals surface area contributed by atoms with E-state index in [1.165, 1.54) is 7.11 Å². The largest absolute Gasteiger partial charge is 0.493 e. The Hall–Kier alpha value is -2.64. The molecule has 1 aliphatic heterocycles. The number of aliphatic hydroxyl groups is 1. The number of pyridine rings is 1. The van der Waals surface area contributed by atoms with E-state index < -0.39 is 18.7 Å². The second-order valence-electron chi connectivity index (χ2n) is 6.71. The topological polar surface area (TPSA) is 92.1 Å². The highest BCUT2D eigenvalue weighted by atomic mass is 16.5. The second-order valence-corrected chi connectivity index (χ2v) is 6.71. The Balaban J connectivity index is 1.63. The molecule has 1 aromatic heterocycles. The second kappa shape index (κ2) is 8.83. The summed E-state index contributed by atoms with van der Waals surface area (Å²) in [4.78, 5) is 17.3. The number of aliphatic hydroxyl groups excluding tert-OH is 1. The van der Waals surface area contributed by atoms with Gasteiger partial charge in [0.2, 0.25) is 0 Å². The van der Waals surface area contributed by atoms with Gasteiger partial charge in [0.15, 0.2) is 18.1 Å². The number of aromatic nitrogens is 1. The summed E-state index contributed by atoms with van der Waals surface area (Å²) in [5.41, 5.74) is 1.96. The molecule has 0 spiro atoms. The molecule has 7 nitrogen and oxygen atoms in total. The number of likely N-dealkylation sites (tertiary alicyclic amines) is 1. The van der Waals surface area contributed by atoms with Crippen molar-refractivity contribution < 1.29 is 24.5 Å². The van der Waals surface area contributed by atoms with Crippen molar-refractivity contribution in [3.8, 4) is 11.5 Å². The lowest BCUT2D eigenvalue weighted by molar-refractivity contribution is -0.139. The van der Waals surface area contributed by atoms with E-state index in [4.69, 9.17) is 14.6 Å². The first-order chi connectivity index (χ1) is 13.0. The summed E-state index contributed by atoms with van der Waals surface area (Å²) in [5, 5.41) is 19.2. The van der Waals surface area contributed by atoms with Crippen molar-refractivity contribution >= 4 is 5.97 Å². The fraction of sp³-hybridized carbons (Fsp3) is 0.400. The smallest absolute Gasteiger partial charge is 0.341 e. The Morgan fingerprint density at radius 2 is 2.11 bits per heavy atom. The number of carboxylic acid groups (broad SMARTS) is 1. The van der Waals surface area contributed by atoms with Crippen LogP contribution in [-0.2, 0) is 17.8 Å². The molecule has 3 rings (SSSR count). The summed E-state index contributed by atoms with van der Waals surface area (Å²) in [5.74, 6) is 0.0000277. The van der Waals surface area contributed by atoms with Crippen molar-refractivity contribution in [3.05, 3.63) is 53.9 Å². The number of hydrogen-bond donors (Lipinski definition) is 2. The summed E-state index contributed by atoms with van der Waals surface area (Å²) in [6.07, 6.45) is 2.12. The number of carboxylic acids is 1. The standard InChI is InChI=1S/C20H24N2O5/c1-26-18-6-5-14(8-19(18)27-13-20(24)25)10-22-11-15(17(23)12-22)9-16-4-2-3-7-21-16/h2-8,15,17,23H,9-13H2,1H3,(H,24,25)/t15-,17-/m1/s1. The molecule has 2 aromatic rings. The van der Waals surface area contributed by atoms with Crippen LogP contribution in [-0.4, -0.2) is 59.0 Å². The molecular formula is C20H24N2O5. The van der Waals surface area contributed by atoms with Crippen LogP contribution >= 0.6 is 0 Å². The first-order valence-electron chi connectivity index (χ1n) is 8.87. The van der Waals surface area contributed by atoms with E-state index in [1.54, 1.807) is 18.3 Å². The van der Waals surface area contributed by atoms with Gasteiger partial charge in [-0.2, -0.15) is 0 Å². The lowest BCUT2D eigenvalue weighted by atomic mass is 10.00. The minimum Gasteiger partial charge on any atom is -0.493 e. The van der Waals surface area contributed by atoms with Crippen LogP contribution in [0.1, 0.15) is 11.3 Å². The Bertz CT molecular complexity index is 768. The summed E-state index contributed by atoms with van der Waals surface area (Å²) >= 11 is 0. The fourth-order valence-electron chi connectivity index (χ4n) is 3.39. The molecule has 0 bridgehead atoms. The molecule has 2 N–H and O–H groups in total. The van der Waals surface area contributed by atoms with Crippen LogP contribution in [0.25, 0.3) is 0 Å². The Morgan fingerprint density at radius 3 is 2.81 bits per heavy atom. The average molecular weight is 372 g/mol. The van der Waals surface area contributed by atoms with Crippen molar-refractivity contribution in [2.75, 3.05) is 26.8 Å². The van der Waals surface area contributed by atoms with E-state index >= 15 is 0 Å². The third-order valence-electron chi connectivity index (χ3n) is 4.66. The van der Waals surface area contributed by atoms with E-state index in [1.807, 2.05) is 24.3 Å². The average Bonchev–Trinajstić information content (AvgIpc) is 3.00. The highest BCUT2D eigenvalue weighted by molar-refractivity contribution is 5.68. The van der Waals surface area contributed by atoms with Crippen LogP contribution < -0.4 is 9.47 Å². The van der Waals surface area contributed by atoms with Crippen LogP contribution in [0.3, 0.4) is 0 Å². The molecule has 2 heterocycles. The molecule has 1 aromatic carbocycles. The number of aliphatic carboxylic acids is 1. The zero-order valence-electron chi connectivity index (χ0n) is 15.2. The number of β-amino-alcohol motifs (C(OH)–C–C–N with tert-alkyl or cyclic N) is 1. The predicted molar refractivity (Wildman–Crippen MR) is 98.8 cm³/mol. The van der Waals surface area contributed by atoms with Crippen LogP contribution in [0.2, 0.25) is 0 Å². The molecular weight excluding hydrogens is 348 g/mol. The molecule has 1 saturated heterocycles. The number of nitrogens with zero attached hydrogens (tertiary/aromatic N) is 2. The fourth-order valence-corrected chi connectivity index (χ4v) is 3.39. The lowest BCUT2D eigenvalue weighted by Gasteiger charge is -2.17. The SMILES string of the molecule is COc1ccc(CN2C[C@@H](Cc3ccccn3)[C@H](O)C2)cc1OCC(=O)O. The maximum Gasteiger partial charge on any atom is 0.341 e. The van der Waals surface area contributed by atoms with Gasteiger partial charge in [-0.25, -0.2) is 4.79 Å². The summed E-state index contributed by atoms with van der Waals surface area (Å²) in [7, 11) is 1.52. The number of benzene rings is 1. The Labute approximate surface area is 158 Å². The van der Waals surface area contributed by atoms with Crippen molar-refractivity contribution in [1.29, 1.82) is 0 Å². The van der Waals surface area contributed by atoms with E-state index in [-0.39, 0.29) is 5.92 Å². The maximum atomic E-state index is 10.8. The normalized spacial score (nSPS) is 19.8. The highest BCUT2D eigenvalue weighted by Gasteiger charge is 2.31. The van der Waals surface area contributed by atoms with Gasteiger partial charge in [0.1, 0.15) is 0 Å². The molecule has 0 saturated carbocycles. The van der Waals surface area contributed by atoms with Crippen LogP contribution in [0, 0.1) is 5.92 Å². The zero-order valence-corrected chi connectivity index (χ0v) is 15.2.